The summed E-state index contributed by atoms with van der Waals surface area (Å²) in [4.78, 5) is 2.56. The van der Waals surface area contributed by atoms with E-state index in [1.54, 1.807) is 0 Å². The lowest BCUT2D eigenvalue weighted by Gasteiger charge is -2.38. The highest BCUT2D eigenvalue weighted by Gasteiger charge is 2.24. The zero-order valence-electron chi connectivity index (χ0n) is 11.7. The summed E-state index contributed by atoms with van der Waals surface area (Å²) in [6.07, 6.45) is 2.32. The van der Waals surface area contributed by atoms with Gasteiger partial charge in [-0.3, -0.25) is 4.90 Å². The summed E-state index contributed by atoms with van der Waals surface area (Å²) in [5, 5.41) is 3.64. The van der Waals surface area contributed by atoms with E-state index in [2.05, 4.69) is 67.4 Å². The molecule has 2 rings (SSSR count). The molecule has 0 amide bonds. The summed E-state index contributed by atoms with van der Waals surface area (Å²) in [5.41, 5.74) is 2.79. The van der Waals surface area contributed by atoms with Crippen LogP contribution in [0.4, 0.5) is 0 Å². The van der Waals surface area contributed by atoms with E-state index in [1.165, 1.54) is 11.1 Å². The maximum atomic E-state index is 3.64. The second-order valence-electron chi connectivity index (χ2n) is 5.46. The molecule has 1 fully saturated rings. The number of rotatable bonds is 3. The van der Waals surface area contributed by atoms with Gasteiger partial charge in [-0.15, -0.1) is 0 Å². The normalized spacial score (nSPS) is 24.8. The van der Waals surface area contributed by atoms with Crippen LogP contribution in [0.15, 0.2) is 42.0 Å². The SMILES string of the molecule is CC(C)=CCN1CC(c2ccccc2)NCC1C. The molecule has 2 unspecified atom stereocenters. The van der Waals surface area contributed by atoms with Crippen LogP contribution in [0, 0.1) is 0 Å². The van der Waals surface area contributed by atoms with Gasteiger partial charge in [-0.05, 0) is 26.3 Å². The number of benzene rings is 1. The van der Waals surface area contributed by atoms with Crippen molar-refractivity contribution in [2.75, 3.05) is 19.6 Å². The van der Waals surface area contributed by atoms with Gasteiger partial charge in [-0.1, -0.05) is 42.0 Å². The molecular weight excluding hydrogens is 220 g/mol. The molecule has 2 atom stereocenters. The first kappa shape index (κ1) is 13.3. The maximum absolute atomic E-state index is 3.64. The third-order valence-corrected chi connectivity index (χ3v) is 3.64. The van der Waals surface area contributed by atoms with Gasteiger partial charge in [0.1, 0.15) is 0 Å². The highest BCUT2D eigenvalue weighted by molar-refractivity contribution is 5.20. The van der Waals surface area contributed by atoms with E-state index in [9.17, 15) is 0 Å². The van der Waals surface area contributed by atoms with Gasteiger partial charge in [0.2, 0.25) is 0 Å². The van der Waals surface area contributed by atoms with Gasteiger partial charge in [0, 0.05) is 31.7 Å². The summed E-state index contributed by atoms with van der Waals surface area (Å²) in [6, 6.07) is 11.8. The fraction of sp³-hybridized carbons (Fsp3) is 0.500. The Morgan fingerprint density at radius 2 is 2.06 bits per heavy atom. The summed E-state index contributed by atoms with van der Waals surface area (Å²) < 4.78 is 0. The molecule has 1 heterocycles. The first-order valence-electron chi connectivity index (χ1n) is 6.82. The van der Waals surface area contributed by atoms with Crippen molar-refractivity contribution in [3.05, 3.63) is 47.5 Å². The molecule has 98 valence electrons. The highest BCUT2D eigenvalue weighted by Crippen LogP contribution is 2.19. The van der Waals surface area contributed by atoms with Crippen LogP contribution >= 0.6 is 0 Å². The molecule has 1 aromatic carbocycles. The van der Waals surface area contributed by atoms with Crippen LogP contribution in [0.3, 0.4) is 0 Å². The van der Waals surface area contributed by atoms with Gasteiger partial charge in [-0.25, -0.2) is 0 Å². The molecule has 0 aliphatic carbocycles. The van der Waals surface area contributed by atoms with Gasteiger partial charge >= 0.3 is 0 Å². The summed E-state index contributed by atoms with van der Waals surface area (Å²) >= 11 is 0. The second kappa shape index (κ2) is 6.17. The van der Waals surface area contributed by atoms with Crippen molar-refractivity contribution in [3.8, 4) is 0 Å². The first-order chi connectivity index (χ1) is 8.66. The minimum atomic E-state index is 0.466. The van der Waals surface area contributed by atoms with E-state index in [4.69, 9.17) is 0 Å². The molecule has 1 aliphatic heterocycles. The number of hydrogen-bond acceptors (Lipinski definition) is 2. The van der Waals surface area contributed by atoms with Crippen LogP contribution in [0.2, 0.25) is 0 Å². The van der Waals surface area contributed by atoms with E-state index in [0.717, 1.165) is 19.6 Å². The van der Waals surface area contributed by atoms with Crippen molar-refractivity contribution < 1.29 is 0 Å². The van der Waals surface area contributed by atoms with Gasteiger partial charge < -0.3 is 5.32 Å². The van der Waals surface area contributed by atoms with Crippen LogP contribution in [0.5, 0.6) is 0 Å². The predicted octanol–water partition coefficient (Wildman–Crippen LogP) is 2.99. The van der Waals surface area contributed by atoms with Gasteiger partial charge in [-0.2, -0.15) is 0 Å². The number of nitrogens with one attached hydrogen (secondary N) is 1. The molecule has 2 heteroatoms. The van der Waals surface area contributed by atoms with Crippen LogP contribution in [0.1, 0.15) is 32.4 Å². The Hall–Kier alpha value is -1.12. The van der Waals surface area contributed by atoms with Gasteiger partial charge in [0.15, 0.2) is 0 Å². The van der Waals surface area contributed by atoms with Crippen molar-refractivity contribution in [2.24, 2.45) is 0 Å². The largest absolute Gasteiger partial charge is 0.307 e. The molecule has 0 radical (unpaired) electrons. The molecule has 0 spiro atoms. The number of allylic oxidation sites excluding steroid dienone is 1. The summed E-state index contributed by atoms with van der Waals surface area (Å²) in [6.45, 7) is 9.86. The molecular formula is C16H24N2. The van der Waals surface area contributed by atoms with Crippen LogP contribution in [-0.4, -0.2) is 30.6 Å². The molecule has 0 saturated carbocycles. The lowest BCUT2D eigenvalue weighted by Crippen LogP contribution is -2.51. The number of nitrogens with zero attached hydrogens (tertiary/aromatic N) is 1. The van der Waals surface area contributed by atoms with Crippen molar-refractivity contribution in [1.29, 1.82) is 0 Å². The summed E-state index contributed by atoms with van der Waals surface area (Å²) in [5.74, 6) is 0. The molecule has 2 nitrogen and oxygen atoms in total. The van der Waals surface area contributed by atoms with E-state index in [1.807, 2.05) is 0 Å². The van der Waals surface area contributed by atoms with Crippen LogP contribution in [0.25, 0.3) is 0 Å². The minimum Gasteiger partial charge on any atom is -0.307 e. The standard InChI is InChI=1S/C16H24N2/c1-13(2)9-10-18-12-16(17-11-14(18)3)15-7-5-4-6-8-15/h4-9,14,16-17H,10-12H2,1-3H3. The Morgan fingerprint density at radius 1 is 1.33 bits per heavy atom. The Kier molecular flexibility index (Phi) is 4.56. The number of hydrogen-bond donors (Lipinski definition) is 1. The van der Waals surface area contributed by atoms with Gasteiger partial charge in [0.05, 0.1) is 0 Å². The van der Waals surface area contributed by atoms with Crippen molar-refractivity contribution in [2.45, 2.75) is 32.9 Å². The predicted molar refractivity (Wildman–Crippen MR) is 77.7 cm³/mol. The lowest BCUT2D eigenvalue weighted by atomic mass is 10.0. The fourth-order valence-corrected chi connectivity index (χ4v) is 2.38. The van der Waals surface area contributed by atoms with E-state index >= 15 is 0 Å². The zero-order valence-corrected chi connectivity index (χ0v) is 11.7. The first-order valence-corrected chi connectivity index (χ1v) is 6.82. The smallest absolute Gasteiger partial charge is 0.0450 e. The molecule has 1 aromatic rings. The Balaban J connectivity index is 2.02. The third-order valence-electron chi connectivity index (χ3n) is 3.64. The lowest BCUT2D eigenvalue weighted by molar-refractivity contribution is 0.157. The Labute approximate surface area is 111 Å². The fourth-order valence-electron chi connectivity index (χ4n) is 2.38. The molecule has 0 aromatic heterocycles. The van der Waals surface area contributed by atoms with E-state index in [-0.39, 0.29) is 0 Å². The number of piperazine rings is 1. The molecule has 1 N–H and O–H groups in total. The zero-order chi connectivity index (χ0) is 13.0. The average molecular weight is 244 g/mol. The summed E-state index contributed by atoms with van der Waals surface area (Å²) in [7, 11) is 0. The van der Waals surface area contributed by atoms with E-state index < -0.39 is 0 Å². The third kappa shape index (κ3) is 3.44. The van der Waals surface area contributed by atoms with Crippen LogP contribution < -0.4 is 5.32 Å². The second-order valence-corrected chi connectivity index (χ2v) is 5.46. The molecule has 18 heavy (non-hydrogen) atoms. The molecule has 1 saturated heterocycles. The van der Waals surface area contributed by atoms with Crippen molar-refractivity contribution in [3.63, 3.8) is 0 Å². The molecule has 0 bridgehead atoms. The minimum absolute atomic E-state index is 0.466. The molecule has 1 aliphatic rings. The Bertz CT molecular complexity index is 393. The van der Waals surface area contributed by atoms with E-state index in [0.29, 0.717) is 12.1 Å². The average Bonchev–Trinajstić information content (AvgIpc) is 2.38. The van der Waals surface area contributed by atoms with Crippen molar-refractivity contribution >= 4 is 0 Å². The quantitative estimate of drug-likeness (QED) is 0.822. The highest BCUT2D eigenvalue weighted by atomic mass is 15.2. The topological polar surface area (TPSA) is 15.3 Å². The van der Waals surface area contributed by atoms with Crippen LogP contribution in [-0.2, 0) is 0 Å². The maximum Gasteiger partial charge on any atom is 0.0450 e. The van der Waals surface area contributed by atoms with Gasteiger partial charge in [0.25, 0.3) is 0 Å². The monoisotopic (exact) mass is 244 g/mol. The van der Waals surface area contributed by atoms with Crippen molar-refractivity contribution in [1.82, 2.24) is 10.2 Å². The Morgan fingerprint density at radius 3 is 2.72 bits per heavy atom.